The molecule has 0 saturated heterocycles. The summed E-state index contributed by atoms with van der Waals surface area (Å²) in [5.74, 6) is -0.0499. The number of aryl methyl sites for hydroxylation is 1. The van der Waals surface area contributed by atoms with Crippen molar-refractivity contribution >= 4 is 10.0 Å². The van der Waals surface area contributed by atoms with Crippen LogP contribution in [-0.4, -0.2) is 30.6 Å². The average Bonchev–Trinajstić information content (AvgIpc) is 2.37. The fraction of sp³-hybridized carbons (Fsp3) is 0.600. The van der Waals surface area contributed by atoms with Crippen LogP contribution in [0.3, 0.4) is 0 Å². The number of hydrogen-bond donors (Lipinski definition) is 2. The summed E-state index contributed by atoms with van der Waals surface area (Å²) in [6, 6.07) is 0. The van der Waals surface area contributed by atoms with Gasteiger partial charge in [-0.25, -0.2) is 17.9 Å². The first-order chi connectivity index (χ1) is 8.70. The van der Waals surface area contributed by atoms with Crippen molar-refractivity contribution in [1.29, 1.82) is 0 Å². The summed E-state index contributed by atoms with van der Waals surface area (Å²) in [5.41, 5.74) is 3.96. The molecule has 1 aromatic heterocycles. The lowest BCUT2D eigenvalue weighted by atomic mass is 10.2. The van der Waals surface area contributed by atoms with Crippen molar-refractivity contribution < 1.29 is 8.42 Å². The summed E-state index contributed by atoms with van der Waals surface area (Å²) in [7, 11) is -1.35. The van der Waals surface area contributed by atoms with E-state index in [1.807, 2.05) is 0 Å². The molecule has 1 rings (SSSR count). The Hall–Kier alpha value is -1.45. The van der Waals surface area contributed by atoms with Gasteiger partial charge < -0.3 is 10.3 Å². The van der Waals surface area contributed by atoms with Crippen LogP contribution in [0.15, 0.2) is 20.7 Å². The van der Waals surface area contributed by atoms with Crippen LogP contribution in [0.5, 0.6) is 0 Å². The van der Waals surface area contributed by atoms with E-state index in [0.717, 1.165) is 15.3 Å². The van der Waals surface area contributed by atoms with Gasteiger partial charge >= 0.3 is 5.69 Å². The van der Waals surface area contributed by atoms with Gasteiger partial charge in [0.15, 0.2) is 4.90 Å². The average molecular weight is 290 g/mol. The Morgan fingerprint density at radius 2 is 1.95 bits per heavy atom. The molecule has 19 heavy (non-hydrogen) atoms. The van der Waals surface area contributed by atoms with Gasteiger partial charge in [0.1, 0.15) is 0 Å². The van der Waals surface area contributed by atoms with Gasteiger partial charge in [0.2, 0.25) is 10.0 Å². The molecule has 0 amide bonds. The Balaban J connectivity index is 3.24. The maximum atomic E-state index is 12.0. The fourth-order valence-corrected chi connectivity index (χ4v) is 2.70. The maximum Gasteiger partial charge on any atom is 0.330 e. The Kier molecular flexibility index (Phi) is 4.66. The van der Waals surface area contributed by atoms with Gasteiger partial charge in [-0.3, -0.25) is 9.36 Å². The first-order valence-corrected chi connectivity index (χ1v) is 7.15. The third-order valence-corrected chi connectivity index (χ3v) is 4.13. The number of aromatic nitrogens is 2. The summed E-state index contributed by atoms with van der Waals surface area (Å²) in [6.45, 7) is 2.24. The fourth-order valence-electron chi connectivity index (χ4n) is 1.37. The number of nitrogens with zero attached hydrogens (tertiary/aromatic N) is 2. The SMILES string of the molecule is CC(CN)CNS(=O)(=O)c1cn(C)c(=O)n(C)c1=O. The quantitative estimate of drug-likeness (QED) is 0.648. The van der Waals surface area contributed by atoms with Crippen LogP contribution in [0.2, 0.25) is 0 Å². The highest BCUT2D eigenvalue weighted by molar-refractivity contribution is 7.89. The molecule has 0 aliphatic heterocycles. The standard InChI is InChI=1S/C10H18N4O4S/c1-7(4-11)5-12-19(17,18)8-6-13(2)10(16)14(3)9(8)15/h6-7,12H,4-5,11H2,1-3H3. The van der Waals surface area contributed by atoms with E-state index < -0.39 is 26.2 Å². The van der Waals surface area contributed by atoms with Crippen molar-refractivity contribution in [2.45, 2.75) is 11.8 Å². The first kappa shape index (κ1) is 15.6. The molecule has 8 nitrogen and oxygen atoms in total. The molecule has 3 N–H and O–H groups in total. The topological polar surface area (TPSA) is 116 Å². The molecule has 0 aromatic carbocycles. The van der Waals surface area contributed by atoms with Gasteiger partial charge in [-0.2, -0.15) is 0 Å². The van der Waals surface area contributed by atoms with Gasteiger partial charge in [0.05, 0.1) is 0 Å². The molecule has 108 valence electrons. The highest BCUT2D eigenvalue weighted by Crippen LogP contribution is 2.01. The van der Waals surface area contributed by atoms with Crippen molar-refractivity contribution in [1.82, 2.24) is 13.9 Å². The van der Waals surface area contributed by atoms with Crippen molar-refractivity contribution in [3.63, 3.8) is 0 Å². The Morgan fingerprint density at radius 3 is 2.47 bits per heavy atom. The number of nitrogens with one attached hydrogen (secondary N) is 1. The zero-order valence-electron chi connectivity index (χ0n) is 11.1. The van der Waals surface area contributed by atoms with Gasteiger partial charge in [-0.1, -0.05) is 6.92 Å². The van der Waals surface area contributed by atoms with E-state index >= 15 is 0 Å². The van der Waals surface area contributed by atoms with Crippen LogP contribution in [0.4, 0.5) is 0 Å². The number of rotatable bonds is 5. The second-order valence-corrected chi connectivity index (χ2v) is 6.18. The van der Waals surface area contributed by atoms with Crippen LogP contribution in [-0.2, 0) is 24.1 Å². The lowest BCUT2D eigenvalue weighted by Crippen LogP contribution is -2.42. The highest BCUT2D eigenvalue weighted by Gasteiger charge is 2.21. The normalized spacial score (nSPS) is 13.5. The molecule has 0 saturated carbocycles. The van der Waals surface area contributed by atoms with E-state index in [-0.39, 0.29) is 12.5 Å². The zero-order valence-corrected chi connectivity index (χ0v) is 11.9. The highest BCUT2D eigenvalue weighted by atomic mass is 32.2. The van der Waals surface area contributed by atoms with Crippen molar-refractivity contribution in [3.8, 4) is 0 Å². The second kappa shape index (κ2) is 5.68. The lowest BCUT2D eigenvalue weighted by molar-refractivity contribution is 0.539. The zero-order chi connectivity index (χ0) is 14.8. The van der Waals surface area contributed by atoms with Crippen molar-refractivity contribution in [3.05, 3.63) is 27.0 Å². The molecule has 1 heterocycles. The third-order valence-electron chi connectivity index (χ3n) is 2.73. The number of hydrogen-bond acceptors (Lipinski definition) is 5. The first-order valence-electron chi connectivity index (χ1n) is 5.67. The molecule has 0 aliphatic carbocycles. The molecule has 0 radical (unpaired) electrons. The van der Waals surface area contributed by atoms with Crippen molar-refractivity contribution in [2.24, 2.45) is 25.7 Å². The van der Waals surface area contributed by atoms with E-state index in [1.165, 1.54) is 14.1 Å². The van der Waals surface area contributed by atoms with Crippen molar-refractivity contribution in [2.75, 3.05) is 13.1 Å². The van der Waals surface area contributed by atoms with Gasteiger partial charge in [0.25, 0.3) is 5.56 Å². The van der Waals surface area contributed by atoms with Crippen LogP contribution in [0, 0.1) is 5.92 Å². The summed E-state index contributed by atoms with van der Waals surface area (Å²) in [6.07, 6.45) is 1.01. The molecule has 0 aliphatic rings. The van der Waals surface area contributed by atoms with Crippen LogP contribution < -0.4 is 21.7 Å². The monoisotopic (exact) mass is 290 g/mol. The Morgan fingerprint density at radius 1 is 1.37 bits per heavy atom. The van der Waals surface area contributed by atoms with Crippen LogP contribution in [0.25, 0.3) is 0 Å². The van der Waals surface area contributed by atoms with E-state index in [9.17, 15) is 18.0 Å². The number of nitrogens with two attached hydrogens (primary N) is 1. The second-order valence-electron chi connectivity index (χ2n) is 4.44. The minimum absolute atomic E-state index is 0.0499. The third kappa shape index (κ3) is 3.31. The molecular formula is C10H18N4O4S. The summed E-state index contributed by atoms with van der Waals surface area (Å²) >= 11 is 0. The van der Waals surface area contributed by atoms with Gasteiger partial charge in [-0.05, 0) is 12.5 Å². The molecule has 0 fully saturated rings. The molecule has 9 heteroatoms. The summed E-state index contributed by atoms with van der Waals surface area (Å²) in [4.78, 5) is 22.8. The summed E-state index contributed by atoms with van der Waals surface area (Å²) < 4.78 is 28.1. The predicted molar refractivity (Wildman–Crippen MR) is 70.3 cm³/mol. The van der Waals surface area contributed by atoms with Crippen LogP contribution in [0.1, 0.15) is 6.92 Å². The van der Waals surface area contributed by atoms with Gasteiger partial charge in [0, 0.05) is 26.8 Å². The Labute approximate surface area is 110 Å². The van der Waals surface area contributed by atoms with Crippen LogP contribution >= 0.6 is 0 Å². The molecule has 1 unspecified atom stereocenters. The Bertz CT molecular complexity index is 674. The van der Waals surface area contributed by atoms with E-state index in [4.69, 9.17) is 5.73 Å². The number of sulfonamides is 1. The minimum atomic E-state index is -3.96. The predicted octanol–water partition coefficient (Wildman–Crippen LogP) is -2.04. The van der Waals surface area contributed by atoms with E-state index in [2.05, 4.69) is 4.72 Å². The lowest BCUT2D eigenvalue weighted by Gasteiger charge is -2.11. The smallest absolute Gasteiger partial charge is 0.330 e. The molecule has 1 atom stereocenters. The molecular weight excluding hydrogens is 272 g/mol. The van der Waals surface area contributed by atoms with Gasteiger partial charge in [-0.15, -0.1) is 0 Å². The minimum Gasteiger partial charge on any atom is -0.330 e. The summed E-state index contributed by atoms with van der Waals surface area (Å²) in [5, 5.41) is 0. The maximum absolute atomic E-state index is 12.0. The molecule has 1 aromatic rings. The van der Waals surface area contributed by atoms with E-state index in [0.29, 0.717) is 6.54 Å². The molecule has 0 spiro atoms. The van der Waals surface area contributed by atoms with E-state index in [1.54, 1.807) is 6.92 Å². The largest absolute Gasteiger partial charge is 0.330 e. The molecule has 0 bridgehead atoms.